The Balaban J connectivity index is 1.75. The average Bonchev–Trinajstić information content (AvgIpc) is 2.60. The van der Waals surface area contributed by atoms with Gasteiger partial charge in [0.15, 0.2) is 0 Å². The number of likely N-dealkylation sites (tertiary alicyclic amines) is 1. The van der Waals surface area contributed by atoms with E-state index in [1.807, 2.05) is 42.3 Å². The first-order valence-corrected chi connectivity index (χ1v) is 8.66. The maximum atomic E-state index is 12.5. The summed E-state index contributed by atoms with van der Waals surface area (Å²) in [6, 6.07) is 8.32. The number of piperidine rings is 1. The van der Waals surface area contributed by atoms with Gasteiger partial charge in [-0.15, -0.1) is 0 Å². The fourth-order valence-electron chi connectivity index (χ4n) is 3.01. The molecule has 0 saturated carbocycles. The monoisotopic (exact) mass is 332 g/mol. The van der Waals surface area contributed by atoms with Gasteiger partial charge in [0, 0.05) is 18.8 Å². The Morgan fingerprint density at radius 2 is 1.88 bits per heavy atom. The predicted octanol–water partition coefficient (Wildman–Crippen LogP) is 2.04. The molecule has 1 aromatic rings. The Morgan fingerprint density at radius 1 is 1.21 bits per heavy atom. The van der Waals surface area contributed by atoms with Crippen LogP contribution in [0.15, 0.2) is 30.3 Å². The SMILES string of the molecule is CNCCC1CCN(C(=O)C(C)NC(=O)Nc2ccccc2)CC1. The summed E-state index contributed by atoms with van der Waals surface area (Å²) in [6.07, 6.45) is 3.23. The molecule has 1 aromatic carbocycles. The van der Waals surface area contributed by atoms with E-state index in [0.29, 0.717) is 11.6 Å². The van der Waals surface area contributed by atoms with E-state index in [-0.39, 0.29) is 11.9 Å². The summed E-state index contributed by atoms with van der Waals surface area (Å²) in [5.74, 6) is 0.677. The van der Waals surface area contributed by atoms with Crippen LogP contribution in [0.1, 0.15) is 26.2 Å². The molecule has 1 fully saturated rings. The maximum absolute atomic E-state index is 12.5. The zero-order valence-corrected chi connectivity index (χ0v) is 14.5. The van der Waals surface area contributed by atoms with Crippen molar-refractivity contribution in [3.63, 3.8) is 0 Å². The third kappa shape index (κ3) is 5.53. The van der Waals surface area contributed by atoms with Gasteiger partial charge in [0.05, 0.1) is 0 Å². The molecular weight excluding hydrogens is 304 g/mol. The Morgan fingerprint density at radius 3 is 2.50 bits per heavy atom. The van der Waals surface area contributed by atoms with E-state index >= 15 is 0 Å². The molecule has 6 nitrogen and oxygen atoms in total. The van der Waals surface area contributed by atoms with Crippen LogP contribution < -0.4 is 16.0 Å². The van der Waals surface area contributed by atoms with Crippen LogP contribution in [-0.4, -0.2) is 49.6 Å². The highest BCUT2D eigenvalue weighted by molar-refractivity contribution is 5.93. The average molecular weight is 332 g/mol. The zero-order valence-electron chi connectivity index (χ0n) is 14.5. The van der Waals surface area contributed by atoms with E-state index in [1.165, 1.54) is 0 Å². The summed E-state index contributed by atoms with van der Waals surface area (Å²) in [5, 5.41) is 8.63. The van der Waals surface area contributed by atoms with Gasteiger partial charge >= 0.3 is 6.03 Å². The molecule has 1 unspecified atom stereocenters. The molecule has 0 aliphatic carbocycles. The topological polar surface area (TPSA) is 73.5 Å². The smallest absolute Gasteiger partial charge is 0.319 e. The van der Waals surface area contributed by atoms with Crippen LogP contribution in [0.4, 0.5) is 10.5 Å². The maximum Gasteiger partial charge on any atom is 0.319 e. The van der Waals surface area contributed by atoms with Crippen molar-refractivity contribution in [3.8, 4) is 0 Å². The molecule has 2 rings (SSSR count). The lowest BCUT2D eigenvalue weighted by Crippen LogP contribution is -2.50. The Labute approximate surface area is 144 Å². The third-order valence-electron chi connectivity index (χ3n) is 4.48. The van der Waals surface area contributed by atoms with Crippen molar-refractivity contribution in [2.45, 2.75) is 32.2 Å². The number of urea groups is 1. The van der Waals surface area contributed by atoms with Crippen molar-refractivity contribution in [1.82, 2.24) is 15.5 Å². The van der Waals surface area contributed by atoms with Gasteiger partial charge in [0.1, 0.15) is 6.04 Å². The molecule has 0 bridgehead atoms. The first kappa shape index (κ1) is 18.3. The van der Waals surface area contributed by atoms with E-state index < -0.39 is 6.04 Å². The van der Waals surface area contributed by atoms with Gasteiger partial charge in [-0.3, -0.25) is 4.79 Å². The van der Waals surface area contributed by atoms with Gasteiger partial charge in [0.2, 0.25) is 5.91 Å². The van der Waals surface area contributed by atoms with Gasteiger partial charge in [0.25, 0.3) is 0 Å². The number of hydrogen-bond acceptors (Lipinski definition) is 3. The van der Waals surface area contributed by atoms with Gasteiger partial charge in [-0.2, -0.15) is 0 Å². The zero-order chi connectivity index (χ0) is 17.4. The molecule has 1 heterocycles. The molecule has 0 radical (unpaired) electrons. The van der Waals surface area contributed by atoms with E-state index in [9.17, 15) is 9.59 Å². The summed E-state index contributed by atoms with van der Waals surface area (Å²) in [4.78, 5) is 26.3. The molecular formula is C18H28N4O2. The first-order chi connectivity index (χ1) is 11.6. The standard InChI is InChI=1S/C18H28N4O2/c1-14(20-18(24)21-16-6-4-3-5-7-16)17(23)22-12-9-15(10-13-22)8-11-19-2/h3-7,14-15,19H,8-13H2,1-2H3,(H2,20,21,24). The van der Waals surface area contributed by atoms with Crippen molar-refractivity contribution in [3.05, 3.63) is 30.3 Å². The van der Waals surface area contributed by atoms with Gasteiger partial charge in [-0.1, -0.05) is 18.2 Å². The van der Waals surface area contributed by atoms with E-state index in [2.05, 4.69) is 16.0 Å². The van der Waals surface area contributed by atoms with Crippen LogP contribution in [0, 0.1) is 5.92 Å². The van der Waals surface area contributed by atoms with Gasteiger partial charge in [-0.05, 0) is 57.8 Å². The predicted molar refractivity (Wildman–Crippen MR) is 95.9 cm³/mol. The second-order valence-electron chi connectivity index (χ2n) is 6.35. The largest absolute Gasteiger partial charge is 0.341 e. The van der Waals surface area contributed by atoms with Crippen LogP contribution in [-0.2, 0) is 4.79 Å². The normalized spacial score (nSPS) is 16.5. The number of amides is 3. The molecule has 24 heavy (non-hydrogen) atoms. The lowest BCUT2D eigenvalue weighted by atomic mass is 9.93. The molecule has 6 heteroatoms. The number of nitrogens with zero attached hydrogens (tertiary/aromatic N) is 1. The summed E-state index contributed by atoms with van der Waals surface area (Å²) >= 11 is 0. The fraction of sp³-hybridized carbons (Fsp3) is 0.556. The highest BCUT2D eigenvalue weighted by Crippen LogP contribution is 2.20. The molecule has 1 atom stereocenters. The molecule has 1 saturated heterocycles. The number of nitrogens with one attached hydrogen (secondary N) is 3. The van der Waals surface area contributed by atoms with Crippen LogP contribution in [0.25, 0.3) is 0 Å². The van der Waals surface area contributed by atoms with Crippen molar-refractivity contribution in [2.75, 3.05) is 32.0 Å². The van der Waals surface area contributed by atoms with Crippen LogP contribution in [0.3, 0.4) is 0 Å². The van der Waals surface area contributed by atoms with Crippen LogP contribution in [0.2, 0.25) is 0 Å². The summed E-state index contributed by atoms with van der Waals surface area (Å²) in [6.45, 7) is 4.31. The lowest BCUT2D eigenvalue weighted by molar-refractivity contribution is -0.134. The second-order valence-corrected chi connectivity index (χ2v) is 6.35. The molecule has 132 valence electrons. The summed E-state index contributed by atoms with van der Waals surface area (Å²) in [5.41, 5.74) is 0.708. The molecule has 3 N–H and O–H groups in total. The second kappa shape index (κ2) is 9.27. The molecule has 3 amide bonds. The first-order valence-electron chi connectivity index (χ1n) is 8.66. The minimum Gasteiger partial charge on any atom is -0.341 e. The van der Waals surface area contributed by atoms with Crippen molar-refractivity contribution in [1.29, 1.82) is 0 Å². The van der Waals surface area contributed by atoms with E-state index in [4.69, 9.17) is 0 Å². The number of carbonyl (C=O) groups is 2. The van der Waals surface area contributed by atoms with Crippen molar-refractivity contribution < 1.29 is 9.59 Å². The van der Waals surface area contributed by atoms with Gasteiger partial charge < -0.3 is 20.9 Å². The minimum absolute atomic E-state index is 0.00900. The summed E-state index contributed by atoms with van der Waals surface area (Å²) < 4.78 is 0. The van der Waals surface area contributed by atoms with E-state index in [1.54, 1.807) is 6.92 Å². The molecule has 0 aromatic heterocycles. The van der Waals surface area contributed by atoms with Crippen molar-refractivity contribution in [2.24, 2.45) is 5.92 Å². The number of hydrogen-bond donors (Lipinski definition) is 3. The van der Waals surface area contributed by atoms with Gasteiger partial charge in [-0.25, -0.2) is 4.79 Å². The fourth-order valence-corrected chi connectivity index (χ4v) is 3.01. The van der Waals surface area contributed by atoms with Crippen molar-refractivity contribution >= 4 is 17.6 Å². The number of carbonyl (C=O) groups excluding carboxylic acids is 2. The van der Waals surface area contributed by atoms with Crippen LogP contribution >= 0.6 is 0 Å². The molecule has 0 spiro atoms. The Hall–Kier alpha value is -2.08. The highest BCUT2D eigenvalue weighted by Gasteiger charge is 2.26. The quantitative estimate of drug-likeness (QED) is 0.746. The molecule has 1 aliphatic rings. The Kier molecular flexibility index (Phi) is 7.06. The lowest BCUT2D eigenvalue weighted by Gasteiger charge is -2.33. The Bertz CT molecular complexity index is 527. The third-order valence-corrected chi connectivity index (χ3v) is 4.48. The summed E-state index contributed by atoms with van der Waals surface area (Å²) in [7, 11) is 1.96. The minimum atomic E-state index is -0.525. The molecule has 1 aliphatic heterocycles. The number of rotatable bonds is 6. The number of anilines is 1. The van der Waals surface area contributed by atoms with E-state index in [0.717, 1.165) is 38.9 Å². The van der Waals surface area contributed by atoms with Crippen LogP contribution in [0.5, 0.6) is 0 Å². The number of para-hydroxylation sites is 1. The highest BCUT2D eigenvalue weighted by atomic mass is 16.2. The number of benzene rings is 1.